The summed E-state index contributed by atoms with van der Waals surface area (Å²) in [6.45, 7) is 0. The highest BCUT2D eigenvalue weighted by Crippen LogP contribution is 2.39. The van der Waals surface area contributed by atoms with E-state index in [1.165, 1.54) is 53.6 Å². The van der Waals surface area contributed by atoms with Crippen LogP contribution in [0.1, 0.15) is 0 Å². The van der Waals surface area contributed by atoms with Crippen LogP contribution in [0.5, 0.6) is 0 Å². The molecule has 9 aromatic rings. The summed E-state index contributed by atoms with van der Waals surface area (Å²) in [5, 5.41) is 2.44. The number of benzene rings is 7. The maximum Gasteiger partial charge on any atom is 0.164 e. The van der Waals surface area contributed by atoms with Crippen molar-refractivity contribution in [3.63, 3.8) is 0 Å². The summed E-state index contributed by atoms with van der Waals surface area (Å²) in [5.74, 6) is 1.99. The Morgan fingerprint density at radius 3 is 1.02 bits per heavy atom. The molecule has 0 aliphatic rings. The normalized spacial score (nSPS) is 11.3. The van der Waals surface area contributed by atoms with Crippen LogP contribution in [-0.4, -0.2) is 15.0 Å². The van der Waals surface area contributed by atoms with Gasteiger partial charge in [0, 0.05) is 36.9 Å². The standard InChI is InChI=1S/C45H29N3S/c1-4-10-30(11-5-1)31-16-18-32(19-17-31)33-20-22-34(23-21-33)37-24-26-41-39(28-37)40-29-38(25-27-42(40)49-41)45-47-43(35-12-6-2-7-13-35)46-44(48-45)36-14-8-3-9-15-36/h1-29H. The zero-order chi connectivity index (χ0) is 32.6. The molecule has 9 rings (SSSR count). The highest BCUT2D eigenvalue weighted by molar-refractivity contribution is 7.25. The molecule has 0 fully saturated rings. The Morgan fingerprint density at radius 1 is 0.265 bits per heavy atom. The summed E-state index contributed by atoms with van der Waals surface area (Å²) in [6, 6.07) is 61.8. The lowest BCUT2D eigenvalue weighted by molar-refractivity contribution is 1.07. The van der Waals surface area contributed by atoms with Crippen LogP contribution in [0.4, 0.5) is 0 Å². The van der Waals surface area contributed by atoms with Crippen molar-refractivity contribution in [2.45, 2.75) is 0 Å². The molecular weight excluding hydrogens is 615 g/mol. The van der Waals surface area contributed by atoms with Gasteiger partial charge in [-0.25, -0.2) is 15.0 Å². The number of thiophene rings is 1. The summed E-state index contributed by atoms with van der Waals surface area (Å²) in [7, 11) is 0. The summed E-state index contributed by atoms with van der Waals surface area (Å²) >= 11 is 1.82. The Bertz CT molecular complexity index is 2500. The first kappa shape index (κ1) is 29.0. The smallest absolute Gasteiger partial charge is 0.164 e. The van der Waals surface area contributed by atoms with Crippen molar-refractivity contribution < 1.29 is 0 Å². The van der Waals surface area contributed by atoms with Crippen molar-refractivity contribution in [3.05, 3.63) is 176 Å². The molecule has 0 N–H and O–H groups in total. The summed E-state index contributed by atoms with van der Waals surface area (Å²) in [5.41, 5.74) is 10.2. The Balaban J connectivity index is 1.07. The van der Waals surface area contributed by atoms with Crippen molar-refractivity contribution >= 4 is 31.5 Å². The predicted molar refractivity (Wildman–Crippen MR) is 205 cm³/mol. The average Bonchev–Trinajstić information content (AvgIpc) is 3.56. The monoisotopic (exact) mass is 643 g/mol. The largest absolute Gasteiger partial charge is 0.208 e. The number of hydrogen-bond acceptors (Lipinski definition) is 4. The van der Waals surface area contributed by atoms with E-state index in [-0.39, 0.29) is 0 Å². The van der Waals surface area contributed by atoms with Crippen LogP contribution in [0.2, 0.25) is 0 Å². The van der Waals surface area contributed by atoms with Crippen molar-refractivity contribution in [2.75, 3.05) is 0 Å². The lowest BCUT2D eigenvalue weighted by Crippen LogP contribution is -2.00. The third-order valence-electron chi connectivity index (χ3n) is 8.97. The first-order valence-corrected chi connectivity index (χ1v) is 17.2. The Labute approximate surface area is 288 Å². The second kappa shape index (κ2) is 12.4. The summed E-state index contributed by atoms with van der Waals surface area (Å²) in [6.07, 6.45) is 0. The van der Waals surface area contributed by atoms with Crippen LogP contribution in [-0.2, 0) is 0 Å². The van der Waals surface area contributed by atoms with E-state index >= 15 is 0 Å². The Kier molecular flexibility index (Phi) is 7.34. The van der Waals surface area contributed by atoms with E-state index in [2.05, 4.69) is 115 Å². The topological polar surface area (TPSA) is 38.7 Å². The van der Waals surface area contributed by atoms with Gasteiger partial charge in [-0.2, -0.15) is 0 Å². The van der Waals surface area contributed by atoms with Gasteiger partial charge in [0.1, 0.15) is 0 Å². The predicted octanol–water partition coefficient (Wildman–Crippen LogP) is 12.2. The molecule has 0 unspecified atom stereocenters. The lowest BCUT2D eigenvalue weighted by atomic mass is 9.97. The van der Waals surface area contributed by atoms with E-state index in [1.54, 1.807) is 0 Å². The fourth-order valence-electron chi connectivity index (χ4n) is 6.37. The van der Waals surface area contributed by atoms with Gasteiger partial charge in [0.15, 0.2) is 17.5 Å². The molecule has 49 heavy (non-hydrogen) atoms. The zero-order valence-electron chi connectivity index (χ0n) is 26.5. The van der Waals surface area contributed by atoms with Gasteiger partial charge in [-0.15, -0.1) is 11.3 Å². The number of hydrogen-bond donors (Lipinski definition) is 0. The zero-order valence-corrected chi connectivity index (χ0v) is 27.3. The summed E-state index contributed by atoms with van der Waals surface area (Å²) in [4.78, 5) is 14.8. The van der Waals surface area contributed by atoms with E-state index in [4.69, 9.17) is 15.0 Å². The molecule has 3 nitrogen and oxygen atoms in total. The van der Waals surface area contributed by atoms with Gasteiger partial charge in [0.2, 0.25) is 0 Å². The molecule has 0 spiro atoms. The second-order valence-corrected chi connectivity index (χ2v) is 13.2. The third kappa shape index (κ3) is 5.69. The molecule has 0 saturated heterocycles. The van der Waals surface area contributed by atoms with Crippen LogP contribution < -0.4 is 0 Å². The van der Waals surface area contributed by atoms with Gasteiger partial charge in [-0.3, -0.25) is 0 Å². The van der Waals surface area contributed by atoms with Gasteiger partial charge in [-0.1, -0.05) is 146 Å². The van der Waals surface area contributed by atoms with Crippen LogP contribution in [0.3, 0.4) is 0 Å². The van der Waals surface area contributed by atoms with Gasteiger partial charge >= 0.3 is 0 Å². The molecule has 230 valence electrons. The van der Waals surface area contributed by atoms with E-state index in [0.717, 1.165) is 16.7 Å². The van der Waals surface area contributed by atoms with Crippen LogP contribution in [0.25, 0.3) is 87.7 Å². The molecule has 0 amide bonds. The van der Waals surface area contributed by atoms with Gasteiger partial charge < -0.3 is 0 Å². The maximum absolute atomic E-state index is 4.97. The molecule has 0 aliphatic carbocycles. The molecule has 0 aliphatic heterocycles. The molecule has 2 heterocycles. The lowest BCUT2D eigenvalue weighted by Gasteiger charge is -2.09. The molecule has 0 radical (unpaired) electrons. The fraction of sp³-hybridized carbons (Fsp3) is 0. The van der Waals surface area contributed by atoms with Gasteiger partial charge in [-0.05, 0) is 63.7 Å². The van der Waals surface area contributed by atoms with Crippen molar-refractivity contribution in [3.8, 4) is 67.5 Å². The number of aromatic nitrogens is 3. The Morgan fingerprint density at radius 2 is 0.571 bits per heavy atom. The minimum absolute atomic E-state index is 0.664. The molecule has 0 bridgehead atoms. The van der Waals surface area contributed by atoms with E-state index in [1.807, 2.05) is 72.0 Å². The maximum atomic E-state index is 4.97. The van der Waals surface area contributed by atoms with Crippen molar-refractivity contribution in [1.29, 1.82) is 0 Å². The van der Waals surface area contributed by atoms with Crippen LogP contribution in [0, 0.1) is 0 Å². The van der Waals surface area contributed by atoms with Crippen molar-refractivity contribution in [1.82, 2.24) is 15.0 Å². The van der Waals surface area contributed by atoms with Gasteiger partial charge in [0.05, 0.1) is 0 Å². The third-order valence-corrected chi connectivity index (χ3v) is 10.1. The minimum Gasteiger partial charge on any atom is -0.208 e. The molecule has 0 atom stereocenters. The molecule has 2 aromatic heterocycles. The number of rotatable bonds is 6. The SMILES string of the molecule is c1ccc(-c2ccc(-c3ccc(-c4ccc5sc6ccc(-c7nc(-c8ccccc8)nc(-c8ccccc8)n7)cc6c5c4)cc3)cc2)cc1. The molecule has 4 heteroatoms. The highest BCUT2D eigenvalue weighted by Gasteiger charge is 2.14. The molecule has 0 saturated carbocycles. The average molecular weight is 644 g/mol. The summed E-state index contributed by atoms with van der Waals surface area (Å²) < 4.78 is 2.50. The Hall–Kier alpha value is -6.23. The number of nitrogens with zero attached hydrogens (tertiary/aromatic N) is 3. The van der Waals surface area contributed by atoms with Crippen molar-refractivity contribution in [2.24, 2.45) is 0 Å². The van der Waals surface area contributed by atoms with Crippen LogP contribution in [0.15, 0.2) is 176 Å². The second-order valence-electron chi connectivity index (χ2n) is 12.1. The van der Waals surface area contributed by atoms with Gasteiger partial charge in [0.25, 0.3) is 0 Å². The van der Waals surface area contributed by atoms with Crippen LogP contribution >= 0.6 is 11.3 Å². The minimum atomic E-state index is 0.664. The first-order valence-electron chi connectivity index (χ1n) is 16.4. The van der Waals surface area contributed by atoms with E-state index in [0.29, 0.717) is 17.5 Å². The first-order chi connectivity index (χ1) is 24.2. The highest BCUT2D eigenvalue weighted by atomic mass is 32.1. The quantitative estimate of drug-likeness (QED) is 0.181. The van der Waals surface area contributed by atoms with E-state index in [9.17, 15) is 0 Å². The van der Waals surface area contributed by atoms with E-state index < -0.39 is 0 Å². The molecular formula is C45H29N3S. The fourth-order valence-corrected chi connectivity index (χ4v) is 7.44. The number of fused-ring (bicyclic) bond motifs is 3. The molecule has 7 aromatic carbocycles.